The number of nitrogens with zero attached hydrogens (tertiary/aromatic N) is 2. The summed E-state index contributed by atoms with van der Waals surface area (Å²) < 4.78 is 7.49. The average molecular weight is 288 g/mol. The van der Waals surface area contributed by atoms with Crippen molar-refractivity contribution in [2.45, 2.75) is 12.5 Å². The van der Waals surface area contributed by atoms with Crippen LogP contribution in [0.5, 0.6) is 0 Å². The molecule has 1 aliphatic heterocycles. The van der Waals surface area contributed by atoms with Crippen molar-refractivity contribution in [1.29, 1.82) is 0 Å². The molecule has 0 unspecified atom stereocenters. The van der Waals surface area contributed by atoms with E-state index in [0.717, 1.165) is 23.4 Å². The third kappa shape index (κ3) is 3.06. The first-order valence-corrected chi connectivity index (χ1v) is 7.26. The largest absolute Gasteiger partial charge is 0.366 e. The molecule has 0 spiro atoms. The van der Waals surface area contributed by atoms with E-state index in [4.69, 9.17) is 4.74 Å². The van der Waals surface area contributed by atoms with Gasteiger partial charge in [-0.3, -0.25) is 4.79 Å². The standard InChI is InChI=1S/C15H20N4O2/c1-19-12-5-3-2-4-11(12)18-14(19)6-7-17-15(20)13-10-16-8-9-21-13/h2-5,13,16H,6-10H2,1H3,(H,17,20)/t13-/m1/s1. The van der Waals surface area contributed by atoms with Crippen LogP contribution in [0, 0.1) is 0 Å². The Bertz CT molecular complexity index is 632. The van der Waals surface area contributed by atoms with Gasteiger partial charge in [-0.2, -0.15) is 0 Å². The molecule has 1 aromatic carbocycles. The lowest BCUT2D eigenvalue weighted by Crippen LogP contribution is -2.48. The maximum absolute atomic E-state index is 11.9. The number of nitrogens with one attached hydrogen (secondary N) is 2. The number of carbonyl (C=O) groups is 1. The Morgan fingerprint density at radius 3 is 3.14 bits per heavy atom. The zero-order valence-corrected chi connectivity index (χ0v) is 12.1. The summed E-state index contributed by atoms with van der Waals surface area (Å²) in [5, 5.41) is 6.06. The summed E-state index contributed by atoms with van der Waals surface area (Å²) in [6.07, 6.45) is 0.330. The van der Waals surface area contributed by atoms with Crippen LogP contribution in [0.3, 0.4) is 0 Å². The minimum absolute atomic E-state index is 0.0547. The molecule has 6 nitrogen and oxygen atoms in total. The molecule has 1 atom stereocenters. The lowest BCUT2D eigenvalue weighted by Gasteiger charge is -2.22. The zero-order chi connectivity index (χ0) is 14.7. The summed E-state index contributed by atoms with van der Waals surface area (Å²) in [7, 11) is 2.00. The molecule has 0 aliphatic carbocycles. The molecule has 6 heteroatoms. The van der Waals surface area contributed by atoms with Gasteiger partial charge in [-0.05, 0) is 12.1 Å². The normalized spacial score (nSPS) is 18.8. The van der Waals surface area contributed by atoms with E-state index in [0.29, 0.717) is 26.1 Å². The Hall–Kier alpha value is -1.92. The summed E-state index contributed by atoms with van der Waals surface area (Å²) in [5.41, 5.74) is 2.10. The average Bonchev–Trinajstić information content (AvgIpc) is 2.85. The van der Waals surface area contributed by atoms with Crippen LogP contribution in [0.25, 0.3) is 11.0 Å². The minimum atomic E-state index is -0.376. The quantitative estimate of drug-likeness (QED) is 0.844. The molecule has 21 heavy (non-hydrogen) atoms. The highest BCUT2D eigenvalue weighted by Crippen LogP contribution is 2.14. The highest BCUT2D eigenvalue weighted by molar-refractivity contribution is 5.81. The van der Waals surface area contributed by atoms with E-state index in [1.807, 2.05) is 31.3 Å². The van der Waals surface area contributed by atoms with Gasteiger partial charge in [-0.15, -0.1) is 0 Å². The second kappa shape index (κ2) is 6.24. The van der Waals surface area contributed by atoms with E-state index in [9.17, 15) is 4.79 Å². The lowest BCUT2D eigenvalue weighted by molar-refractivity contribution is -0.134. The Balaban J connectivity index is 1.56. The number of ether oxygens (including phenoxy) is 1. The highest BCUT2D eigenvalue weighted by atomic mass is 16.5. The summed E-state index contributed by atoms with van der Waals surface area (Å²) >= 11 is 0. The molecule has 3 rings (SSSR count). The number of fused-ring (bicyclic) bond motifs is 1. The van der Waals surface area contributed by atoms with Crippen molar-refractivity contribution in [1.82, 2.24) is 20.2 Å². The fourth-order valence-electron chi connectivity index (χ4n) is 2.56. The Morgan fingerprint density at radius 2 is 2.38 bits per heavy atom. The van der Waals surface area contributed by atoms with E-state index in [1.165, 1.54) is 0 Å². The molecule has 0 saturated carbocycles. The first-order chi connectivity index (χ1) is 10.3. The number of para-hydroxylation sites is 2. The number of imidazole rings is 1. The predicted molar refractivity (Wildman–Crippen MR) is 80.0 cm³/mol. The van der Waals surface area contributed by atoms with Gasteiger partial charge in [0.1, 0.15) is 11.9 Å². The SMILES string of the molecule is Cn1c(CCNC(=O)[C@H]2CNCCO2)nc2ccccc21. The molecule has 0 bridgehead atoms. The molecule has 1 saturated heterocycles. The van der Waals surface area contributed by atoms with Crippen LogP contribution >= 0.6 is 0 Å². The van der Waals surface area contributed by atoms with Gasteiger partial charge in [0.15, 0.2) is 0 Å². The number of morpholine rings is 1. The number of carbonyl (C=O) groups excluding carboxylic acids is 1. The summed E-state index contributed by atoms with van der Waals surface area (Å²) in [5.74, 6) is 0.917. The fraction of sp³-hybridized carbons (Fsp3) is 0.467. The first-order valence-electron chi connectivity index (χ1n) is 7.26. The number of benzene rings is 1. The van der Waals surface area contributed by atoms with Crippen LogP contribution < -0.4 is 10.6 Å². The third-order valence-electron chi connectivity index (χ3n) is 3.75. The highest BCUT2D eigenvalue weighted by Gasteiger charge is 2.21. The van der Waals surface area contributed by atoms with Crippen molar-refractivity contribution in [3.8, 4) is 0 Å². The van der Waals surface area contributed by atoms with Crippen molar-refractivity contribution >= 4 is 16.9 Å². The van der Waals surface area contributed by atoms with Crippen LogP contribution in [-0.2, 0) is 23.0 Å². The third-order valence-corrected chi connectivity index (χ3v) is 3.75. The second-order valence-electron chi connectivity index (χ2n) is 5.18. The molecule has 2 heterocycles. The topological polar surface area (TPSA) is 68.2 Å². The maximum Gasteiger partial charge on any atom is 0.250 e. The predicted octanol–water partition coefficient (Wildman–Crippen LogP) is 0.220. The summed E-state index contributed by atoms with van der Waals surface area (Å²) in [6, 6.07) is 8.03. The molecule has 0 radical (unpaired) electrons. The van der Waals surface area contributed by atoms with E-state index >= 15 is 0 Å². The van der Waals surface area contributed by atoms with Gasteiger partial charge in [0.05, 0.1) is 17.6 Å². The van der Waals surface area contributed by atoms with Crippen LogP contribution in [-0.4, -0.2) is 47.8 Å². The van der Waals surface area contributed by atoms with Crippen molar-refractivity contribution in [2.75, 3.05) is 26.2 Å². The number of amides is 1. The van der Waals surface area contributed by atoms with Crippen molar-refractivity contribution in [3.63, 3.8) is 0 Å². The van der Waals surface area contributed by atoms with Gasteiger partial charge < -0.3 is 19.9 Å². The minimum Gasteiger partial charge on any atom is -0.366 e. The summed E-state index contributed by atoms with van der Waals surface area (Å²) in [6.45, 7) is 2.54. The molecule has 1 aromatic heterocycles. The smallest absolute Gasteiger partial charge is 0.250 e. The molecule has 112 valence electrons. The van der Waals surface area contributed by atoms with E-state index in [2.05, 4.69) is 20.2 Å². The maximum atomic E-state index is 11.9. The number of rotatable bonds is 4. The van der Waals surface area contributed by atoms with Gasteiger partial charge in [0.2, 0.25) is 5.91 Å². The van der Waals surface area contributed by atoms with Gasteiger partial charge in [0.25, 0.3) is 0 Å². The van der Waals surface area contributed by atoms with Crippen molar-refractivity contribution in [2.24, 2.45) is 7.05 Å². The van der Waals surface area contributed by atoms with Crippen molar-refractivity contribution in [3.05, 3.63) is 30.1 Å². The Kier molecular flexibility index (Phi) is 4.17. The molecular formula is C15H20N4O2. The van der Waals surface area contributed by atoms with Crippen molar-refractivity contribution < 1.29 is 9.53 Å². The van der Waals surface area contributed by atoms with Gasteiger partial charge in [-0.25, -0.2) is 4.98 Å². The Labute approximate surface area is 123 Å². The fourth-order valence-corrected chi connectivity index (χ4v) is 2.56. The van der Waals surface area contributed by atoms with Gasteiger partial charge in [-0.1, -0.05) is 12.1 Å². The molecule has 2 N–H and O–H groups in total. The van der Waals surface area contributed by atoms with Crippen LogP contribution in [0.2, 0.25) is 0 Å². The zero-order valence-electron chi connectivity index (χ0n) is 12.1. The molecule has 1 fully saturated rings. The van der Waals surface area contributed by atoms with Gasteiger partial charge >= 0.3 is 0 Å². The molecular weight excluding hydrogens is 268 g/mol. The number of hydrogen-bond donors (Lipinski definition) is 2. The number of aromatic nitrogens is 2. The number of hydrogen-bond acceptors (Lipinski definition) is 4. The van der Waals surface area contributed by atoms with Crippen LogP contribution in [0.15, 0.2) is 24.3 Å². The second-order valence-corrected chi connectivity index (χ2v) is 5.18. The van der Waals surface area contributed by atoms with E-state index in [1.54, 1.807) is 0 Å². The summed E-state index contributed by atoms with van der Waals surface area (Å²) in [4.78, 5) is 16.5. The number of aryl methyl sites for hydroxylation is 1. The molecule has 2 aromatic rings. The van der Waals surface area contributed by atoms with Gasteiger partial charge in [0, 0.05) is 33.1 Å². The van der Waals surface area contributed by atoms with E-state index < -0.39 is 0 Å². The van der Waals surface area contributed by atoms with Crippen LogP contribution in [0.4, 0.5) is 0 Å². The lowest BCUT2D eigenvalue weighted by atomic mass is 10.3. The Morgan fingerprint density at radius 1 is 1.52 bits per heavy atom. The van der Waals surface area contributed by atoms with Crippen LogP contribution in [0.1, 0.15) is 5.82 Å². The molecule has 1 amide bonds. The molecule has 1 aliphatic rings. The van der Waals surface area contributed by atoms with E-state index in [-0.39, 0.29) is 12.0 Å². The monoisotopic (exact) mass is 288 g/mol. The first kappa shape index (κ1) is 14.0.